The van der Waals surface area contributed by atoms with Gasteiger partial charge in [0.25, 0.3) is 0 Å². The summed E-state index contributed by atoms with van der Waals surface area (Å²) < 4.78 is 11.2. The molecule has 4 fully saturated rings. The van der Waals surface area contributed by atoms with E-state index in [1.807, 2.05) is 25.7 Å². The molecule has 0 radical (unpaired) electrons. The molecule has 4 aliphatic rings. The number of carbonyl (C=O) groups excluding carboxylic acids is 1. The van der Waals surface area contributed by atoms with E-state index in [0.29, 0.717) is 19.8 Å². The molecule has 1 saturated heterocycles. The standard InChI is InChI=1S/C20H33NO5/c1-18(2,3)26-17(24)21(15-4-12-25-13-5-15)14-19-6-9-20(10-7-19,11-8-19)16(22)23/h15H,4-14H2,1-3H3,(H,22,23). The largest absolute Gasteiger partial charge is 0.481 e. The van der Waals surface area contributed by atoms with Gasteiger partial charge in [-0.3, -0.25) is 4.79 Å². The molecule has 1 aliphatic heterocycles. The summed E-state index contributed by atoms with van der Waals surface area (Å²) in [4.78, 5) is 26.6. The molecule has 0 aromatic rings. The Morgan fingerprint density at radius 1 is 1.08 bits per heavy atom. The number of ether oxygens (including phenoxy) is 2. The number of rotatable bonds is 4. The summed E-state index contributed by atoms with van der Waals surface area (Å²) in [5, 5.41) is 9.60. The highest BCUT2D eigenvalue weighted by Gasteiger charge is 2.53. The third kappa shape index (κ3) is 4.00. The summed E-state index contributed by atoms with van der Waals surface area (Å²) in [6, 6.07) is 0.154. The Morgan fingerprint density at radius 2 is 1.62 bits per heavy atom. The van der Waals surface area contributed by atoms with Gasteiger partial charge in [0.15, 0.2) is 0 Å². The molecule has 1 amide bonds. The summed E-state index contributed by atoms with van der Waals surface area (Å²) in [6.07, 6.45) is 6.32. The Hall–Kier alpha value is -1.30. The van der Waals surface area contributed by atoms with Crippen LogP contribution in [0.4, 0.5) is 4.79 Å². The van der Waals surface area contributed by atoms with E-state index >= 15 is 0 Å². The highest BCUT2D eigenvalue weighted by Crippen LogP contribution is 2.57. The molecule has 1 heterocycles. The lowest BCUT2D eigenvalue weighted by Gasteiger charge is -2.53. The quantitative estimate of drug-likeness (QED) is 0.817. The lowest BCUT2D eigenvalue weighted by Crippen LogP contribution is -2.54. The molecule has 6 nitrogen and oxygen atoms in total. The topological polar surface area (TPSA) is 76.1 Å². The van der Waals surface area contributed by atoms with Gasteiger partial charge in [0, 0.05) is 25.8 Å². The molecule has 0 spiro atoms. The number of carboxylic acid groups (broad SMARTS) is 1. The van der Waals surface area contributed by atoms with Gasteiger partial charge in [0.1, 0.15) is 5.60 Å². The van der Waals surface area contributed by atoms with E-state index < -0.39 is 17.0 Å². The summed E-state index contributed by atoms with van der Waals surface area (Å²) in [7, 11) is 0. The molecule has 26 heavy (non-hydrogen) atoms. The number of aliphatic carboxylic acids is 1. The average Bonchev–Trinajstić information content (AvgIpc) is 2.60. The minimum Gasteiger partial charge on any atom is -0.481 e. The van der Waals surface area contributed by atoms with E-state index in [4.69, 9.17) is 9.47 Å². The summed E-state index contributed by atoms with van der Waals surface area (Å²) in [5.41, 5.74) is -0.987. The van der Waals surface area contributed by atoms with Crippen LogP contribution in [-0.2, 0) is 14.3 Å². The highest BCUT2D eigenvalue weighted by molar-refractivity contribution is 5.75. The lowest BCUT2D eigenvalue weighted by atomic mass is 9.53. The van der Waals surface area contributed by atoms with Gasteiger partial charge in [-0.2, -0.15) is 0 Å². The SMILES string of the molecule is CC(C)(C)OC(=O)N(CC12CCC(C(=O)O)(CC1)CC2)C1CCOCC1. The van der Waals surface area contributed by atoms with Gasteiger partial charge < -0.3 is 19.5 Å². The first-order chi connectivity index (χ1) is 12.1. The smallest absolute Gasteiger partial charge is 0.410 e. The van der Waals surface area contributed by atoms with Crippen LogP contribution in [0.15, 0.2) is 0 Å². The molecule has 0 aromatic carbocycles. The maximum atomic E-state index is 12.9. The first kappa shape index (κ1) is 19.5. The maximum Gasteiger partial charge on any atom is 0.410 e. The molecule has 6 heteroatoms. The van der Waals surface area contributed by atoms with Crippen molar-refractivity contribution >= 4 is 12.1 Å². The zero-order valence-electron chi connectivity index (χ0n) is 16.4. The second kappa shape index (κ2) is 7.02. The van der Waals surface area contributed by atoms with E-state index in [2.05, 4.69) is 0 Å². The number of amides is 1. The van der Waals surface area contributed by atoms with Crippen molar-refractivity contribution in [1.29, 1.82) is 0 Å². The maximum absolute atomic E-state index is 12.9. The first-order valence-electron chi connectivity index (χ1n) is 9.96. The van der Waals surface area contributed by atoms with Crippen molar-refractivity contribution in [1.82, 2.24) is 4.90 Å². The van der Waals surface area contributed by atoms with Crippen LogP contribution in [0.3, 0.4) is 0 Å². The molecule has 148 valence electrons. The van der Waals surface area contributed by atoms with Crippen LogP contribution in [0.25, 0.3) is 0 Å². The second-order valence-electron chi connectivity index (χ2n) is 9.54. The fourth-order valence-corrected chi connectivity index (χ4v) is 4.84. The third-order valence-electron chi connectivity index (χ3n) is 6.62. The molecule has 3 aliphatic carbocycles. The van der Waals surface area contributed by atoms with Crippen LogP contribution < -0.4 is 0 Å². The minimum atomic E-state index is -0.640. The third-order valence-corrected chi connectivity index (χ3v) is 6.62. The van der Waals surface area contributed by atoms with Crippen LogP contribution in [-0.4, -0.2) is 53.5 Å². The van der Waals surface area contributed by atoms with Crippen molar-refractivity contribution in [3.63, 3.8) is 0 Å². The van der Waals surface area contributed by atoms with Crippen molar-refractivity contribution in [2.75, 3.05) is 19.8 Å². The Kier molecular flexibility index (Phi) is 5.26. The second-order valence-corrected chi connectivity index (χ2v) is 9.54. The number of hydrogen-bond donors (Lipinski definition) is 1. The minimum absolute atomic E-state index is 0.0480. The van der Waals surface area contributed by atoms with E-state index in [1.54, 1.807) is 0 Å². The number of carboxylic acids is 1. The Bertz CT molecular complexity index is 522. The highest BCUT2D eigenvalue weighted by atomic mass is 16.6. The molecule has 0 aromatic heterocycles. The fraction of sp³-hybridized carbons (Fsp3) is 0.900. The van der Waals surface area contributed by atoms with Crippen LogP contribution in [0.2, 0.25) is 0 Å². The predicted molar refractivity (Wildman–Crippen MR) is 97.0 cm³/mol. The molecule has 1 N–H and O–H groups in total. The van der Waals surface area contributed by atoms with E-state index in [1.165, 1.54) is 0 Å². The van der Waals surface area contributed by atoms with E-state index in [-0.39, 0.29) is 17.6 Å². The number of carbonyl (C=O) groups is 2. The van der Waals surface area contributed by atoms with Crippen molar-refractivity contribution in [2.24, 2.45) is 10.8 Å². The van der Waals surface area contributed by atoms with Crippen molar-refractivity contribution in [3.8, 4) is 0 Å². The molecule has 0 unspecified atom stereocenters. The van der Waals surface area contributed by atoms with Gasteiger partial charge in [0.05, 0.1) is 5.41 Å². The van der Waals surface area contributed by atoms with Crippen LogP contribution in [0.1, 0.15) is 72.1 Å². The predicted octanol–water partition coefficient (Wildman–Crippen LogP) is 3.83. The Balaban J connectivity index is 1.73. The molecular formula is C20H33NO5. The van der Waals surface area contributed by atoms with Gasteiger partial charge in [0.2, 0.25) is 0 Å². The molecule has 3 saturated carbocycles. The van der Waals surface area contributed by atoms with Crippen LogP contribution in [0.5, 0.6) is 0 Å². The molecule has 0 atom stereocenters. The van der Waals surface area contributed by atoms with Gasteiger partial charge in [-0.1, -0.05) is 0 Å². The van der Waals surface area contributed by atoms with Gasteiger partial charge in [-0.25, -0.2) is 4.79 Å². The normalized spacial score (nSPS) is 32.3. The van der Waals surface area contributed by atoms with Crippen LogP contribution >= 0.6 is 0 Å². The summed E-state index contributed by atoms with van der Waals surface area (Å²) >= 11 is 0. The zero-order chi connectivity index (χ0) is 19.0. The number of hydrogen-bond acceptors (Lipinski definition) is 4. The van der Waals surface area contributed by atoms with Gasteiger partial charge in [-0.15, -0.1) is 0 Å². The number of nitrogens with zero attached hydrogens (tertiary/aromatic N) is 1. The average molecular weight is 367 g/mol. The van der Waals surface area contributed by atoms with Gasteiger partial charge in [-0.05, 0) is 77.6 Å². The first-order valence-corrected chi connectivity index (χ1v) is 9.96. The molecule has 4 rings (SSSR count). The van der Waals surface area contributed by atoms with Crippen molar-refractivity contribution in [2.45, 2.75) is 83.8 Å². The van der Waals surface area contributed by atoms with Gasteiger partial charge >= 0.3 is 12.1 Å². The monoisotopic (exact) mass is 367 g/mol. The molecule has 2 bridgehead atoms. The Morgan fingerprint density at radius 3 is 2.08 bits per heavy atom. The fourth-order valence-electron chi connectivity index (χ4n) is 4.84. The molecular weight excluding hydrogens is 334 g/mol. The zero-order valence-corrected chi connectivity index (χ0v) is 16.4. The lowest BCUT2D eigenvalue weighted by molar-refractivity contribution is -0.160. The van der Waals surface area contributed by atoms with E-state index in [9.17, 15) is 14.7 Å². The Labute approximate surface area is 156 Å². The van der Waals surface area contributed by atoms with E-state index in [0.717, 1.165) is 51.4 Å². The van der Waals surface area contributed by atoms with Crippen molar-refractivity contribution in [3.05, 3.63) is 0 Å². The summed E-state index contributed by atoms with van der Waals surface area (Å²) in [6.45, 7) is 7.73. The van der Waals surface area contributed by atoms with Crippen molar-refractivity contribution < 1.29 is 24.2 Å². The van der Waals surface area contributed by atoms with Crippen LogP contribution in [0, 0.1) is 10.8 Å². The number of fused-ring (bicyclic) bond motifs is 3. The summed E-state index contributed by atoms with van der Waals surface area (Å²) in [5.74, 6) is -0.640.